The lowest BCUT2D eigenvalue weighted by molar-refractivity contribution is -0.118. The summed E-state index contributed by atoms with van der Waals surface area (Å²) in [5.41, 5.74) is 1.02. The standard InChI is InChI=1S/C12H18O2/c1-3-9-7-8(2)14-11-6-4-5-10(13)12(9)11/h8-9H,3-7H2,1-2H3. The summed E-state index contributed by atoms with van der Waals surface area (Å²) in [6, 6.07) is 0. The molecule has 2 heteroatoms. The zero-order valence-electron chi connectivity index (χ0n) is 9.01. The molecule has 0 aromatic rings. The van der Waals surface area contributed by atoms with E-state index in [1.807, 2.05) is 0 Å². The molecule has 1 aliphatic heterocycles. The molecule has 1 heterocycles. The third-order valence-corrected chi connectivity index (χ3v) is 3.27. The predicted octanol–water partition coefficient (Wildman–Crippen LogP) is 2.83. The number of ketones is 1. The topological polar surface area (TPSA) is 26.3 Å². The monoisotopic (exact) mass is 194 g/mol. The van der Waals surface area contributed by atoms with Crippen molar-refractivity contribution >= 4 is 5.78 Å². The van der Waals surface area contributed by atoms with Gasteiger partial charge in [0.2, 0.25) is 0 Å². The van der Waals surface area contributed by atoms with E-state index in [-0.39, 0.29) is 0 Å². The van der Waals surface area contributed by atoms with E-state index in [1.54, 1.807) is 0 Å². The van der Waals surface area contributed by atoms with Gasteiger partial charge in [0.15, 0.2) is 5.78 Å². The van der Waals surface area contributed by atoms with Crippen molar-refractivity contribution in [1.29, 1.82) is 0 Å². The first-order chi connectivity index (χ1) is 6.72. The van der Waals surface area contributed by atoms with Crippen LogP contribution in [0, 0.1) is 5.92 Å². The minimum atomic E-state index is 0.296. The zero-order valence-corrected chi connectivity index (χ0v) is 9.01. The minimum absolute atomic E-state index is 0.296. The molecule has 0 aromatic carbocycles. The molecule has 2 unspecified atom stereocenters. The summed E-state index contributed by atoms with van der Waals surface area (Å²) >= 11 is 0. The van der Waals surface area contributed by atoms with Crippen LogP contribution in [0.3, 0.4) is 0 Å². The summed E-state index contributed by atoms with van der Waals surface area (Å²) in [6.07, 6.45) is 5.06. The Kier molecular flexibility index (Phi) is 2.62. The Morgan fingerprint density at radius 3 is 2.93 bits per heavy atom. The number of ether oxygens (including phenoxy) is 1. The Hall–Kier alpha value is -0.790. The highest BCUT2D eigenvalue weighted by atomic mass is 16.5. The van der Waals surface area contributed by atoms with Gasteiger partial charge >= 0.3 is 0 Å². The predicted molar refractivity (Wildman–Crippen MR) is 54.8 cm³/mol. The van der Waals surface area contributed by atoms with Crippen LogP contribution in [0.25, 0.3) is 0 Å². The van der Waals surface area contributed by atoms with E-state index in [0.717, 1.165) is 43.4 Å². The van der Waals surface area contributed by atoms with E-state index in [0.29, 0.717) is 17.8 Å². The van der Waals surface area contributed by atoms with Gasteiger partial charge in [-0.2, -0.15) is 0 Å². The van der Waals surface area contributed by atoms with Gasteiger partial charge in [0.05, 0.1) is 6.10 Å². The molecule has 2 atom stereocenters. The summed E-state index contributed by atoms with van der Waals surface area (Å²) in [4.78, 5) is 11.8. The van der Waals surface area contributed by atoms with Gasteiger partial charge in [-0.25, -0.2) is 0 Å². The molecule has 1 aliphatic carbocycles. The van der Waals surface area contributed by atoms with Gasteiger partial charge < -0.3 is 4.74 Å². The Bertz CT molecular complexity index is 278. The van der Waals surface area contributed by atoms with Crippen LogP contribution in [-0.2, 0) is 9.53 Å². The summed E-state index contributed by atoms with van der Waals surface area (Å²) in [5.74, 6) is 1.80. The van der Waals surface area contributed by atoms with Crippen molar-refractivity contribution in [1.82, 2.24) is 0 Å². The number of rotatable bonds is 1. The molecule has 2 nitrogen and oxygen atoms in total. The first kappa shape index (κ1) is 9.75. The van der Waals surface area contributed by atoms with Gasteiger partial charge in [0.1, 0.15) is 5.76 Å². The average Bonchev–Trinajstić information content (AvgIpc) is 2.16. The van der Waals surface area contributed by atoms with E-state index in [4.69, 9.17) is 4.74 Å². The Morgan fingerprint density at radius 1 is 1.43 bits per heavy atom. The molecule has 0 aromatic heterocycles. The van der Waals surface area contributed by atoms with Crippen molar-refractivity contribution in [2.45, 2.75) is 52.1 Å². The van der Waals surface area contributed by atoms with Crippen LogP contribution < -0.4 is 0 Å². The minimum Gasteiger partial charge on any atom is -0.495 e. The molecule has 0 radical (unpaired) electrons. The number of hydrogen-bond acceptors (Lipinski definition) is 2. The van der Waals surface area contributed by atoms with Crippen molar-refractivity contribution in [3.63, 3.8) is 0 Å². The maximum absolute atomic E-state index is 11.8. The first-order valence-electron chi connectivity index (χ1n) is 5.65. The van der Waals surface area contributed by atoms with Gasteiger partial charge in [-0.1, -0.05) is 6.92 Å². The SMILES string of the molecule is CCC1CC(C)OC2=C1C(=O)CCC2. The van der Waals surface area contributed by atoms with Crippen molar-refractivity contribution < 1.29 is 9.53 Å². The summed E-state index contributed by atoms with van der Waals surface area (Å²) in [6.45, 7) is 4.26. The summed E-state index contributed by atoms with van der Waals surface area (Å²) < 4.78 is 5.75. The largest absolute Gasteiger partial charge is 0.495 e. The summed E-state index contributed by atoms with van der Waals surface area (Å²) in [5, 5.41) is 0. The molecular formula is C12H18O2. The van der Waals surface area contributed by atoms with Crippen molar-refractivity contribution in [2.24, 2.45) is 5.92 Å². The van der Waals surface area contributed by atoms with E-state index in [9.17, 15) is 4.79 Å². The Morgan fingerprint density at radius 2 is 2.21 bits per heavy atom. The van der Waals surface area contributed by atoms with E-state index < -0.39 is 0 Å². The zero-order chi connectivity index (χ0) is 10.1. The van der Waals surface area contributed by atoms with E-state index >= 15 is 0 Å². The van der Waals surface area contributed by atoms with Gasteiger partial charge in [-0.05, 0) is 32.1 Å². The third-order valence-electron chi connectivity index (χ3n) is 3.27. The lowest BCUT2D eigenvalue weighted by Crippen LogP contribution is -2.29. The smallest absolute Gasteiger partial charge is 0.162 e. The highest BCUT2D eigenvalue weighted by molar-refractivity contribution is 5.97. The molecule has 2 aliphatic rings. The molecule has 0 bridgehead atoms. The second-order valence-corrected chi connectivity index (χ2v) is 4.38. The second-order valence-electron chi connectivity index (χ2n) is 4.38. The van der Waals surface area contributed by atoms with Crippen molar-refractivity contribution in [3.8, 4) is 0 Å². The number of Topliss-reactive ketones (excluding diaryl/α,β-unsaturated/α-hetero) is 1. The molecular weight excluding hydrogens is 176 g/mol. The van der Waals surface area contributed by atoms with Crippen molar-refractivity contribution in [2.75, 3.05) is 0 Å². The van der Waals surface area contributed by atoms with Crippen LogP contribution in [0.4, 0.5) is 0 Å². The molecule has 78 valence electrons. The number of carbonyl (C=O) groups is 1. The molecule has 0 spiro atoms. The van der Waals surface area contributed by atoms with Crippen molar-refractivity contribution in [3.05, 3.63) is 11.3 Å². The lowest BCUT2D eigenvalue weighted by Gasteiger charge is -2.34. The fourth-order valence-corrected chi connectivity index (χ4v) is 2.59. The molecule has 0 amide bonds. The normalized spacial score (nSPS) is 32.6. The van der Waals surface area contributed by atoms with Gasteiger partial charge in [-0.15, -0.1) is 0 Å². The van der Waals surface area contributed by atoms with Gasteiger partial charge in [-0.3, -0.25) is 4.79 Å². The molecule has 0 saturated carbocycles. The molecule has 0 N–H and O–H groups in total. The highest BCUT2D eigenvalue weighted by Crippen LogP contribution is 2.37. The molecule has 14 heavy (non-hydrogen) atoms. The van der Waals surface area contributed by atoms with Crippen LogP contribution in [0.1, 0.15) is 46.0 Å². The summed E-state index contributed by atoms with van der Waals surface area (Å²) in [7, 11) is 0. The number of hydrogen-bond donors (Lipinski definition) is 0. The number of carbonyl (C=O) groups excluding carboxylic acids is 1. The Balaban J connectivity index is 2.32. The van der Waals surface area contributed by atoms with Crippen LogP contribution in [-0.4, -0.2) is 11.9 Å². The van der Waals surface area contributed by atoms with Gasteiger partial charge in [0, 0.05) is 18.4 Å². The Labute approximate surface area is 85.3 Å². The van der Waals surface area contributed by atoms with Gasteiger partial charge in [0.25, 0.3) is 0 Å². The van der Waals surface area contributed by atoms with Crippen LogP contribution in [0.2, 0.25) is 0 Å². The second kappa shape index (κ2) is 3.76. The molecule has 0 saturated heterocycles. The van der Waals surface area contributed by atoms with Crippen LogP contribution >= 0.6 is 0 Å². The highest BCUT2D eigenvalue weighted by Gasteiger charge is 2.33. The fourth-order valence-electron chi connectivity index (χ4n) is 2.59. The van der Waals surface area contributed by atoms with E-state index in [1.165, 1.54) is 0 Å². The number of allylic oxidation sites excluding steroid dienone is 2. The van der Waals surface area contributed by atoms with Crippen LogP contribution in [0.15, 0.2) is 11.3 Å². The molecule has 2 rings (SSSR count). The lowest BCUT2D eigenvalue weighted by atomic mass is 9.81. The average molecular weight is 194 g/mol. The van der Waals surface area contributed by atoms with E-state index in [2.05, 4.69) is 13.8 Å². The fraction of sp³-hybridized carbons (Fsp3) is 0.750. The molecule has 0 fully saturated rings. The third kappa shape index (κ3) is 1.58. The maximum atomic E-state index is 11.8. The maximum Gasteiger partial charge on any atom is 0.162 e. The quantitative estimate of drug-likeness (QED) is 0.641. The first-order valence-corrected chi connectivity index (χ1v) is 5.65. The van der Waals surface area contributed by atoms with Crippen LogP contribution in [0.5, 0.6) is 0 Å².